The van der Waals surface area contributed by atoms with Crippen molar-refractivity contribution in [1.29, 1.82) is 5.26 Å². The number of ether oxygens (including phenoxy) is 1. The quantitative estimate of drug-likeness (QED) is 0.826. The molecular weight excluding hydrogens is 220 g/mol. The largest absolute Gasteiger partial charge is 0.478 e. The molecule has 2 rings (SSSR count). The maximum atomic E-state index is 11.0. The van der Waals surface area contributed by atoms with E-state index in [-0.39, 0.29) is 11.1 Å². The van der Waals surface area contributed by atoms with Crippen LogP contribution in [-0.4, -0.2) is 37.4 Å². The lowest BCUT2D eigenvalue weighted by atomic mass is 10.1. The molecule has 1 aromatic rings. The summed E-state index contributed by atoms with van der Waals surface area (Å²) in [5.41, 5.74) is 1.07. The smallest absolute Gasteiger partial charge is 0.337 e. The van der Waals surface area contributed by atoms with Gasteiger partial charge in [-0.1, -0.05) is 0 Å². The van der Waals surface area contributed by atoms with Crippen molar-refractivity contribution in [2.24, 2.45) is 0 Å². The van der Waals surface area contributed by atoms with Crippen molar-refractivity contribution in [3.8, 4) is 6.07 Å². The van der Waals surface area contributed by atoms with Crippen molar-refractivity contribution in [1.82, 2.24) is 0 Å². The minimum absolute atomic E-state index is 0.0523. The minimum atomic E-state index is -1.07. The van der Waals surface area contributed by atoms with Gasteiger partial charge in [0.25, 0.3) is 0 Å². The summed E-state index contributed by atoms with van der Waals surface area (Å²) in [6, 6.07) is 6.75. The van der Waals surface area contributed by atoms with E-state index >= 15 is 0 Å². The van der Waals surface area contributed by atoms with Crippen LogP contribution in [0.25, 0.3) is 0 Å². The van der Waals surface area contributed by atoms with E-state index in [1.165, 1.54) is 0 Å². The molecule has 1 N–H and O–H groups in total. The van der Waals surface area contributed by atoms with Crippen LogP contribution in [0.2, 0.25) is 0 Å². The highest BCUT2D eigenvalue weighted by Crippen LogP contribution is 2.20. The van der Waals surface area contributed by atoms with Crippen LogP contribution in [0.3, 0.4) is 0 Å². The molecule has 0 atom stereocenters. The fourth-order valence-electron chi connectivity index (χ4n) is 1.82. The van der Waals surface area contributed by atoms with E-state index in [2.05, 4.69) is 4.90 Å². The molecule has 0 saturated carbocycles. The summed E-state index contributed by atoms with van der Waals surface area (Å²) >= 11 is 0. The van der Waals surface area contributed by atoms with E-state index in [0.717, 1.165) is 18.8 Å². The highest BCUT2D eigenvalue weighted by Gasteiger charge is 2.15. The third kappa shape index (κ3) is 2.37. The number of carboxylic acids is 1. The lowest BCUT2D eigenvalue weighted by molar-refractivity contribution is 0.0696. The predicted octanol–water partition coefficient (Wildman–Crippen LogP) is 1.09. The molecule has 1 aliphatic rings. The number of morpholine rings is 1. The maximum absolute atomic E-state index is 11.0. The first kappa shape index (κ1) is 11.4. The van der Waals surface area contributed by atoms with Crippen LogP contribution in [-0.2, 0) is 4.74 Å². The van der Waals surface area contributed by atoms with Gasteiger partial charge in [0.1, 0.15) is 6.07 Å². The molecule has 5 heteroatoms. The molecule has 1 fully saturated rings. The average Bonchev–Trinajstić information content (AvgIpc) is 2.39. The summed E-state index contributed by atoms with van der Waals surface area (Å²) in [6.07, 6.45) is 0. The Morgan fingerprint density at radius 2 is 2.12 bits per heavy atom. The Morgan fingerprint density at radius 1 is 1.41 bits per heavy atom. The van der Waals surface area contributed by atoms with Crippen LogP contribution in [0, 0.1) is 11.3 Å². The van der Waals surface area contributed by atoms with Gasteiger partial charge >= 0.3 is 5.97 Å². The van der Waals surface area contributed by atoms with Gasteiger partial charge in [0.15, 0.2) is 0 Å². The first-order chi connectivity index (χ1) is 8.22. The third-order valence-corrected chi connectivity index (χ3v) is 2.73. The van der Waals surface area contributed by atoms with Crippen LogP contribution in [0.1, 0.15) is 15.9 Å². The number of nitrogens with zero attached hydrogens (tertiary/aromatic N) is 2. The van der Waals surface area contributed by atoms with Gasteiger partial charge in [0.05, 0.1) is 24.3 Å². The molecule has 17 heavy (non-hydrogen) atoms. The summed E-state index contributed by atoms with van der Waals surface area (Å²) in [6.45, 7) is 2.76. The summed E-state index contributed by atoms with van der Waals surface area (Å²) in [4.78, 5) is 13.1. The standard InChI is InChI=1S/C12H12N2O3/c13-8-9-1-2-10(7-11(9)12(15)16)14-3-5-17-6-4-14/h1-2,7H,3-6H2,(H,15,16). The molecule has 1 aromatic carbocycles. The van der Waals surface area contributed by atoms with Crippen molar-refractivity contribution in [3.63, 3.8) is 0 Å². The Hall–Kier alpha value is -2.06. The van der Waals surface area contributed by atoms with Crippen LogP contribution < -0.4 is 4.90 Å². The molecular formula is C12H12N2O3. The van der Waals surface area contributed by atoms with Gasteiger partial charge in [-0.25, -0.2) is 4.79 Å². The van der Waals surface area contributed by atoms with Crippen LogP contribution in [0.5, 0.6) is 0 Å². The molecule has 1 aliphatic heterocycles. The summed E-state index contributed by atoms with van der Waals surface area (Å²) < 4.78 is 5.23. The van der Waals surface area contributed by atoms with Crippen LogP contribution >= 0.6 is 0 Å². The number of rotatable bonds is 2. The fraction of sp³-hybridized carbons (Fsp3) is 0.333. The zero-order valence-corrected chi connectivity index (χ0v) is 9.22. The van der Waals surface area contributed by atoms with Gasteiger partial charge in [0.2, 0.25) is 0 Å². The SMILES string of the molecule is N#Cc1ccc(N2CCOCC2)cc1C(=O)O. The molecule has 0 aromatic heterocycles. The van der Waals surface area contributed by atoms with E-state index in [9.17, 15) is 4.79 Å². The van der Waals surface area contributed by atoms with E-state index in [0.29, 0.717) is 13.2 Å². The second kappa shape index (κ2) is 4.85. The van der Waals surface area contributed by atoms with Crippen molar-refractivity contribution in [2.45, 2.75) is 0 Å². The zero-order chi connectivity index (χ0) is 12.3. The summed E-state index contributed by atoms with van der Waals surface area (Å²) in [5, 5.41) is 17.8. The Bertz CT molecular complexity index is 473. The number of benzene rings is 1. The molecule has 0 radical (unpaired) electrons. The molecule has 0 unspecified atom stereocenters. The monoisotopic (exact) mass is 232 g/mol. The molecule has 0 aliphatic carbocycles. The van der Waals surface area contributed by atoms with Gasteiger partial charge in [-0.3, -0.25) is 0 Å². The minimum Gasteiger partial charge on any atom is -0.478 e. The molecule has 1 saturated heterocycles. The topological polar surface area (TPSA) is 73.6 Å². The van der Waals surface area contributed by atoms with E-state index < -0.39 is 5.97 Å². The molecule has 88 valence electrons. The van der Waals surface area contributed by atoms with Gasteiger partial charge in [-0.05, 0) is 18.2 Å². The van der Waals surface area contributed by atoms with E-state index in [1.54, 1.807) is 18.2 Å². The number of hydrogen-bond donors (Lipinski definition) is 1. The fourth-order valence-corrected chi connectivity index (χ4v) is 1.82. The Kier molecular flexibility index (Phi) is 3.26. The number of carboxylic acid groups (broad SMARTS) is 1. The predicted molar refractivity (Wildman–Crippen MR) is 61.1 cm³/mol. The second-order valence-electron chi connectivity index (χ2n) is 3.75. The maximum Gasteiger partial charge on any atom is 0.337 e. The third-order valence-electron chi connectivity index (χ3n) is 2.73. The number of aromatic carboxylic acids is 1. The van der Waals surface area contributed by atoms with Crippen molar-refractivity contribution in [3.05, 3.63) is 29.3 Å². The molecule has 0 amide bonds. The van der Waals surface area contributed by atoms with Gasteiger partial charge < -0.3 is 14.7 Å². The normalized spacial score (nSPS) is 15.4. The number of nitriles is 1. The number of carbonyl (C=O) groups is 1. The Morgan fingerprint density at radius 3 is 2.71 bits per heavy atom. The van der Waals surface area contributed by atoms with Crippen LogP contribution in [0.15, 0.2) is 18.2 Å². The van der Waals surface area contributed by atoms with Gasteiger partial charge in [-0.15, -0.1) is 0 Å². The first-order valence-corrected chi connectivity index (χ1v) is 5.32. The number of hydrogen-bond acceptors (Lipinski definition) is 4. The Labute approximate surface area is 98.8 Å². The summed E-state index contributed by atoms with van der Waals surface area (Å²) in [7, 11) is 0. The lowest BCUT2D eigenvalue weighted by Crippen LogP contribution is -2.36. The van der Waals surface area contributed by atoms with E-state index in [1.807, 2.05) is 6.07 Å². The zero-order valence-electron chi connectivity index (χ0n) is 9.22. The van der Waals surface area contributed by atoms with Crippen LogP contribution in [0.4, 0.5) is 5.69 Å². The van der Waals surface area contributed by atoms with Gasteiger partial charge in [-0.2, -0.15) is 5.26 Å². The molecule has 5 nitrogen and oxygen atoms in total. The second-order valence-corrected chi connectivity index (χ2v) is 3.75. The highest BCUT2D eigenvalue weighted by atomic mass is 16.5. The van der Waals surface area contributed by atoms with E-state index in [4.69, 9.17) is 15.1 Å². The highest BCUT2D eigenvalue weighted by molar-refractivity contribution is 5.91. The summed E-state index contributed by atoms with van der Waals surface area (Å²) in [5.74, 6) is -1.07. The molecule has 0 bridgehead atoms. The van der Waals surface area contributed by atoms with Crippen molar-refractivity contribution >= 4 is 11.7 Å². The average molecular weight is 232 g/mol. The Balaban J connectivity index is 2.33. The molecule has 0 spiro atoms. The van der Waals surface area contributed by atoms with Crippen molar-refractivity contribution in [2.75, 3.05) is 31.2 Å². The lowest BCUT2D eigenvalue weighted by Gasteiger charge is -2.29. The van der Waals surface area contributed by atoms with Gasteiger partial charge in [0, 0.05) is 18.8 Å². The molecule has 1 heterocycles. The number of anilines is 1. The first-order valence-electron chi connectivity index (χ1n) is 5.32. The van der Waals surface area contributed by atoms with Crippen molar-refractivity contribution < 1.29 is 14.6 Å².